The lowest BCUT2D eigenvalue weighted by Crippen LogP contribution is -2.49. The summed E-state index contributed by atoms with van der Waals surface area (Å²) in [6, 6.07) is 8.51. The molecule has 0 spiro atoms. The van der Waals surface area contributed by atoms with Crippen LogP contribution in [0.25, 0.3) is 11.4 Å². The van der Waals surface area contributed by atoms with Gasteiger partial charge in [0.1, 0.15) is 12.6 Å². The largest absolute Gasteiger partial charge is 0.493 e. The highest BCUT2D eigenvalue weighted by atomic mass is 32.1. The second-order valence-electron chi connectivity index (χ2n) is 10.2. The smallest absolute Gasteiger partial charge is 0.248 e. The number of amides is 2. The third kappa shape index (κ3) is 6.61. The average Bonchev–Trinajstić information content (AvgIpc) is 3.77. The van der Waals surface area contributed by atoms with E-state index in [0.717, 1.165) is 43.4 Å². The highest BCUT2D eigenvalue weighted by Gasteiger charge is 2.36. The molecule has 3 heterocycles. The number of hydrogen-bond acceptors (Lipinski definition) is 9. The van der Waals surface area contributed by atoms with Crippen molar-refractivity contribution in [3.63, 3.8) is 0 Å². The highest BCUT2D eigenvalue weighted by molar-refractivity contribution is 7.10. The van der Waals surface area contributed by atoms with E-state index in [9.17, 15) is 9.59 Å². The molecule has 0 radical (unpaired) electrons. The maximum Gasteiger partial charge on any atom is 0.248 e. The van der Waals surface area contributed by atoms with Crippen molar-refractivity contribution < 1.29 is 23.8 Å². The molecule has 1 aromatic carbocycles. The molecule has 1 aliphatic carbocycles. The fourth-order valence-corrected chi connectivity index (χ4v) is 6.20. The zero-order valence-corrected chi connectivity index (χ0v) is 23.8. The zero-order chi connectivity index (χ0) is 27.9. The van der Waals surface area contributed by atoms with E-state index in [1.807, 2.05) is 17.5 Å². The average molecular weight is 569 g/mol. The summed E-state index contributed by atoms with van der Waals surface area (Å²) in [7, 11) is 3.13. The van der Waals surface area contributed by atoms with Gasteiger partial charge < -0.3 is 24.4 Å². The third-order valence-electron chi connectivity index (χ3n) is 7.44. The minimum Gasteiger partial charge on any atom is -0.493 e. The molecule has 0 unspecified atom stereocenters. The first kappa shape index (κ1) is 28.0. The Morgan fingerprint density at radius 1 is 1.12 bits per heavy atom. The van der Waals surface area contributed by atoms with Gasteiger partial charge in [-0.15, -0.1) is 21.5 Å². The van der Waals surface area contributed by atoms with Gasteiger partial charge >= 0.3 is 0 Å². The first-order chi connectivity index (χ1) is 19.6. The Bertz CT molecular complexity index is 1270. The van der Waals surface area contributed by atoms with Gasteiger partial charge in [-0.25, -0.2) is 0 Å². The number of carbonyl (C=O) groups is 2. The van der Waals surface area contributed by atoms with Gasteiger partial charge in [0.05, 0.1) is 20.3 Å². The van der Waals surface area contributed by atoms with E-state index >= 15 is 0 Å². The number of benzene rings is 1. The van der Waals surface area contributed by atoms with Crippen LogP contribution in [0.3, 0.4) is 0 Å². The lowest BCUT2D eigenvalue weighted by Gasteiger charge is -2.33. The second kappa shape index (κ2) is 13.2. The molecular formula is C28H36N6O5S. The highest BCUT2D eigenvalue weighted by Crippen LogP contribution is 2.31. The van der Waals surface area contributed by atoms with Gasteiger partial charge in [0, 0.05) is 29.6 Å². The molecule has 2 fully saturated rings. The lowest BCUT2D eigenvalue weighted by molar-refractivity contribution is -0.143. The van der Waals surface area contributed by atoms with Crippen LogP contribution in [0.15, 0.2) is 35.7 Å². The molecule has 214 valence electrons. The summed E-state index contributed by atoms with van der Waals surface area (Å²) in [6.07, 6.45) is 6.98. The predicted octanol–water partition coefficient (Wildman–Crippen LogP) is 3.62. The fourth-order valence-electron chi connectivity index (χ4n) is 5.37. The summed E-state index contributed by atoms with van der Waals surface area (Å²) in [5.41, 5.74) is 0.677. The van der Waals surface area contributed by atoms with E-state index in [0.29, 0.717) is 36.0 Å². The van der Waals surface area contributed by atoms with Crippen LogP contribution in [0, 0.1) is 0 Å². The molecule has 11 nitrogen and oxygen atoms in total. The number of tetrazole rings is 1. The summed E-state index contributed by atoms with van der Waals surface area (Å²) in [4.78, 5) is 31.4. The normalized spacial score (nSPS) is 18.3. The molecular weight excluding hydrogens is 532 g/mol. The summed E-state index contributed by atoms with van der Waals surface area (Å²) in [6.45, 7) is 0.812. The number of ether oxygens (including phenoxy) is 3. The Hall–Kier alpha value is -3.51. The molecule has 2 atom stereocenters. The summed E-state index contributed by atoms with van der Waals surface area (Å²) >= 11 is 1.47. The SMILES string of the molecule is COc1ccc(-c2nnn(CC(=O)N(C[C@@H]3CCCO3)[C@@H](C(=O)NC3CCCCC3)c3cccs3)n2)cc1OC. The van der Waals surface area contributed by atoms with E-state index in [4.69, 9.17) is 14.2 Å². The standard InChI is InChI=1S/C28H36N6O5S/c1-37-22-13-12-19(16-23(22)38-2)27-30-32-34(31-27)18-25(35)33(17-21-10-6-14-39-21)26(24-11-7-15-40-24)28(36)29-20-8-4-3-5-9-20/h7,11-13,15-16,20-21,26H,3-6,8-10,14,17-18H2,1-2H3,(H,29,36)/t21-,26+/m0/s1. The van der Waals surface area contributed by atoms with Gasteiger partial charge in [-0.2, -0.15) is 4.80 Å². The molecule has 1 saturated heterocycles. The van der Waals surface area contributed by atoms with Gasteiger partial charge in [-0.1, -0.05) is 25.3 Å². The van der Waals surface area contributed by atoms with Crippen molar-refractivity contribution in [2.45, 2.75) is 69.7 Å². The van der Waals surface area contributed by atoms with Crippen LogP contribution in [0.4, 0.5) is 0 Å². The van der Waals surface area contributed by atoms with Crippen LogP contribution >= 0.6 is 11.3 Å². The van der Waals surface area contributed by atoms with Gasteiger partial charge in [0.25, 0.3) is 0 Å². The number of carbonyl (C=O) groups excluding carboxylic acids is 2. The Morgan fingerprint density at radius 3 is 2.65 bits per heavy atom. The van der Waals surface area contributed by atoms with Crippen molar-refractivity contribution in [1.29, 1.82) is 0 Å². The zero-order valence-electron chi connectivity index (χ0n) is 23.0. The van der Waals surface area contributed by atoms with Gasteiger partial charge in [0.15, 0.2) is 11.5 Å². The number of thiophene rings is 1. The van der Waals surface area contributed by atoms with Crippen LogP contribution in [-0.2, 0) is 20.9 Å². The molecule has 12 heteroatoms. The maximum absolute atomic E-state index is 13.9. The first-order valence-corrected chi connectivity index (χ1v) is 14.7. The number of nitrogens with zero attached hydrogens (tertiary/aromatic N) is 5. The number of nitrogens with one attached hydrogen (secondary N) is 1. The van der Waals surface area contributed by atoms with E-state index in [1.165, 1.54) is 22.6 Å². The number of rotatable bonds is 11. The lowest BCUT2D eigenvalue weighted by atomic mass is 9.95. The monoisotopic (exact) mass is 568 g/mol. The molecule has 2 amide bonds. The second-order valence-corrected chi connectivity index (χ2v) is 11.1. The van der Waals surface area contributed by atoms with Crippen LogP contribution in [0.2, 0.25) is 0 Å². The van der Waals surface area contributed by atoms with E-state index in [-0.39, 0.29) is 30.5 Å². The quantitative estimate of drug-likeness (QED) is 0.372. The Kier molecular flexibility index (Phi) is 9.27. The van der Waals surface area contributed by atoms with E-state index in [1.54, 1.807) is 37.3 Å². The molecule has 0 bridgehead atoms. The predicted molar refractivity (Wildman–Crippen MR) is 149 cm³/mol. The van der Waals surface area contributed by atoms with E-state index in [2.05, 4.69) is 20.7 Å². The van der Waals surface area contributed by atoms with Crippen molar-refractivity contribution in [3.8, 4) is 22.9 Å². The molecule has 1 N–H and O–H groups in total. The molecule has 2 aliphatic rings. The minimum atomic E-state index is -0.757. The Morgan fingerprint density at radius 2 is 1.95 bits per heavy atom. The van der Waals surface area contributed by atoms with Crippen molar-refractivity contribution in [2.24, 2.45) is 0 Å². The van der Waals surface area contributed by atoms with Gasteiger partial charge in [0.2, 0.25) is 17.6 Å². The summed E-state index contributed by atoms with van der Waals surface area (Å²) in [5.74, 6) is 1.05. The Balaban J connectivity index is 1.38. The summed E-state index contributed by atoms with van der Waals surface area (Å²) < 4.78 is 16.6. The molecule has 40 heavy (non-hydrogen) atoms. The van der Waals surface area contributed by atoms with E-state index < -0.39 is 6.04 Å². The fraction of sp³-hybridized carbons (Fsp3) is 0.536. The van der Waals surface area contributed by atoms with Crippen molar-refractivity contribution in [2.75, 3.05) is 27.4 Å². The number of hydrogen-bond donors (Lipinski definition) is 1. The van der Waals surface area contributed by atoms with Crippen molar-refractivity contribution in [3.05, 3.63) is 40.6 Å². The van der Waals surface area contributed by atoms with Crippen LogP contribution in [-0.4, -0.2) is 76.4 Å². The molecule has 2 aromatic heterocycles. The van der Waals surface area contributed by atoms with Crippen LogP contribution in [0.5, 0.6) is 11.5 Å². The van der Waals surface area contributed by atoms with Gasteiger partial charge in [-0.3, -0.25) is 9.59 Å². The third-order valence-corrected chi connectivity index (χ3v) is 8.36. The number of methoxy groups -OCH3 is 2. The number of aromatic nitrogens is 4. The van der Waals surface area contributed by atoms with Crippen LogP contribution < -0.4 is 14.8 Å². The topological polar surface area (TPSA) is 121 Å². The molecule has 1 saturated carbocycles. The summed E-state index contributed by atoms with van der Waals surface area (Å²) in [5, 5.41) is 17.9. The molecule has 1 aliphatic heterocycles. The Labute approximate surface area is 237 Å². The van der Waals surface area contributed by atoms with Gasteiger partial charge in [-0.05, 0) is 60.5 Å². The molecule has 3 aromatic rings. The first-order valence-electron chi connectivity index (χ1n) is 13.8. The molecule has 5 rings (SSSR count). The van der Waals surface area contributed by atoms with Crippen LogP contribution in [0.1, 0.15) is 55.9 Å². The van der Waals surface area contributed by atoms with Crippen molar-refractivity contribution >= 4 is 23.2 Å². The maximum atomic E-state index is 13.9. The minimum absolute atomic E-state index is 0.125. The van der Waals surface area contributed by atoms with Crippen molar-refractivity contribution in [1.82, 2.24) is 30.4 Å².